The molecule has 1 aromatic carbocycles. The van der Waals surface area contributed by atoms with Gasteiger partial charge >= 0.3 is 0 Å². The summed E-state index contributed by atoms with van der Waals surface area (Å²) in [4.78, 5) is 0. The van der Waals surface area contributed by atoms with Gasteiger partial charge in [-0.25, -0.2) is 0 Å². The normalized spacial score (nSPS) is 25.9. The van der Waals surface area contributed by atoms with Crippen LogP contribution in [0.5, 0.6) is 0 Å². The van der Waals surface area contributed by atoms with E-state index >= 15 is 0 Å². The fourth-order valence-electron chi connectivity index (χ4n) is 3.25. The molecule has 0 nitrogen and oxygen atoms in total. The number of hydrogen-bond acceptors (Lipinski definition) is 0. The van der Waals surface area contributed by atoms with Crippen LogP contribution in [0.1, 0.15) is 62.8 Å². The van der Waals surface area contributed by atoms with E-state index in [1.165, 1.54) is 44.1 Å². The Balaban J connectivity index is 1.77. The maximum absolute atomic E-state index is 6.50. The molecular weight excluding hydrogens is 240 g/mol. The molecule has 0 saturated heterocycles. The number of alkyl halides is 1. The SMILES string of the molecule is CCC1CCCC(CCC(Cl)c2ccccc2)C1. The Kier molecular flexibility index (Phi) is 5.56. The lowest BCUT2D eigenvalue weighted by Crippen LogP contribution is -2.15. The molecule has 1 saturated carbocycles. The molecule has 0 bridgehead atoms. The first-order valence-corrected chi connectivity index (χ1v) is 7.92. The second kappa shape index (κ2) is 7.19. The van der Waals surface area contributed by atoms with Crippen molar-refractivity contribution >= 4 is 11.6 Å². The number of hydrogen-bond donors (Lipinski definition) is 0. The first kappa shape index (κ1) is 13.9. The van der Waals surface area contributed by atoms with Crippen molar-refractivity contribution < 1.29 is 0 Å². The minimum absolute atomic E-state index is 0.202. The van der Waals surface area contributed by atoms with E-state index in [4.69, 9.17) is 11.6 Å². The lowest BCUT2D eigenvalue weighted by molar-refractivity contribution is 0.246. The van der Waals surface area contributed by atoms with E-state index in [1.807, 2.05) is 0 Å². The van der Waals surface area contributed by atoms with E-state index in [-0.39, 0.29) is 5.38 Å². The average molecular weight is 265 g/mol. The molecule has 18 heavy (non-hydrogen) atoms. The van der Waals surface area contributed by atoms with Crippen molar-refractivity contribution in [3.05, 3.63) is 35.9 Å². The molecule has 1 aliphatic rings. The maximum atomic E-state index is 6.50. The highest BCUT2D eigenvalue weighted by molar-refractivity contribution is 6.20. The standard InChI is InChI=1S/C17H25Cl/c1-2-14-7-6-8-15(13-14)11-12-17(18)16-9-4-3-5-10-16/h3-5,9-10,14-15,17H,2,6-8,11-13H2,1H3. The molecule has 3 atom stereocenters. The summed E-state index contributed by atoms with van der Waals surface area (Å²) in [5.74, 6) is 1.91. The van der Waals surface area contributed by atoms with Gasteiger partial charge < -0.3 is 0 Å². The zero-order chi connectivity index (χ0) is 12.8. The van der Waals surface area contributed by atoms with Gasteiger partial charge in [-0.05, 0) is 36.7 Å². The Morgan fingerprint density at radius 1 is 1.17 bits per heavy atom. The fraction of sp³-hybridized carbons (Fsp3) is 0.647. The maximum Gasteiger partial charge on any atom is 0.0585 e. The molecule has 1 aliphatic carbocycles. The highest BCUT2D eigenvalue weighted by atomic mass is 35.5. The molecule has 0 aliphatic heterocycles. The molecule has 0 N–H and O–H groups in total. The van der Waals surface area contributed by atoms with Gasteiger partial charge in [0.2, 0.25) is 0 Å². The first-order chi connectivity index (χ1) is 8.79. The molecule has 1 fully saturated rings. The van der Waals surface area contributed by atoms with Crippen LogP contribution < -0.4 is 0 Å². The van der Waals surface area contributed by atoms with Crippen LogP contribution in [0.15, 0.2) is 30.3 Å². The van der Waals surface area contributed by atoms with E-state index < -0.39 is 0 Å². The number of benzene rings is 1. The molecule has 0 amide bonds. The van der Waals surface area contributed by atoms with E-state index in [9.17, 15) is 0 Å². The third kappa shape index (κ3) is 4.02. The van der Waals surface area contributed by atoms with Crippen LogP contribution in [0.25, 0.3) is 0 Å². The predicted octanol–water partition coefficient (Wildman–Crippen LogP) is 5.96. The van der Waals surface area contributed by atoms with Crippen LogP contribution in [-0.2, 0) is 0 Å². The van der Waals surface area contributed by atoms with Gasteiger partial charge in [0.05, 0.1) is 5.38 Å². The van der Waals surface area contributed by atoms with Crippen LogP contribution >= 0.6 is 11.6 Å². The number of halogens is 1. The third-order valence-electron chi connectivity index (χ3n) is 4.46. The Labute approximate surface area is 117 Å². The second-order valence-electron chi connectivity index (χ2n) is 5.76. The van der Waals surface area contributed by atoms with Crippen molar-refractivity contribution in [2.24, 2.45) is 11.8 Å². The molecule has 100 valence electrons. The Hall–Kier alpha value is -0.490. The number of rotatable bonds is 5. The quantitative estimate of drug-likeness (QED) is 0.575. The van der Waals surface area contributed by atoms with Crippen LogP contribution in [0.4, 0.5) is 0 Å². The minimum Gasteiger partial charge on any atom is -0.118 e. The van der Waals surface area contributed by atoms with Crippen molar-refractivity contribution in [1.29, 1.82) is 0 Å². The van der Waals surface area contributed by atoms with Crippen molar-refractivity contribution in [3.63, 3.8) is 0 Å². The minimum atomic E-state index is 0.202. The highest BCUT2D eigenvalue weighted by Crippen LogP contribution is 2.36. The summed E-state index contributed by atoms with van der Waals surface area (Å²) in [6.07, 6.45) is 9.55. The zero-order valence-corrected chi connectivity index (χ0v) is 12.2. The highest BCUT2D eigenvalue weighted by Gasteiger charge is 2.21. The molecule has 3 unspecified atom stereocenters. The largest absolute Gasteiger partial charge is 0.118 e. The monoisotopic (exact) mass is 264 g/mol. The molecule has 1 heteroatoms. The average Bonchev–Trinajstić information content (AvgIpc) is 2.46. The van der Waals surface area contributed by atoms with Gasteiger partial charge in [-0.3, -0.25) is 0 Å². The summed E-state index contributed by atoms with van der Waals surface area (Å²) in [7, 11) is 0. The van der Waals surface area contributed by atoms with Crippen molar-refractivity contribution in [2.45, 2.75) is 57.2 Å². The molecular formula is C17H25Cl. The van der Waals surface area contributed by atoms with Gasteiger partial charge in [0.1, 0.15) is 0 Å². The van der Waals surface area contributed by atoms with Gasteiger partial charge in [-0.15, -0.1) is 11.6 Å². The molecule has 0 radical (unpaired) electrons. The van der Waals surface area contributed by atoms with Gasteiger partial charge in [0.25, 0.3) is 0 Å². The summed E-state index contributed by atoms with van der Waals surface area (Å²) in [5, 5.41) is 0.202. The Morgan fingerprint density at radius 3 is 2.61 bits per heavy atom. The summed E-state index contributed by atoms with van der Waals surface area (Å²) in [5.41, 5.74) is 1.28. The van der Waals surface area contributed by atoms with Crippen molar-refractivity contribution in [2.75, 3.05) is 0 Å². The topological polar surface area (TPSA) is 0 Å². The first-order valence-electron chi connectivity index (χ1n) is 7.48. The van der Waals surface area contributed by atoms with Gasteiger partial charge in [-0.1, -0.05) is 62.9 Å². The molecule has 2 rings (SSSR count). The molecule has 1 aromatic rings. The van der Waals surface area contributed by atoms with Crippen molar-refractivity contribution in [3.8, 4) is 0 Å². The van der Waals surface area contributed by atoms with Gasteiger partial charge in [0, 0.05) is 0 Å². The Bertz CT molecular complexity index is 333. The van der Waals surface area contributed by atoms with E-state index in [2.05, 4.69) is 37.3 Å². The summed E-state index contributed by atoms with van der Waals surface area (Å²) < 4.78 is 0. The van der Waals surface area contributed by atoms with Gasteiger partial charge in [0.15, 0.2) is 0 Å². The predicted molar refractivity (Wildman–Crippen MR) is 80.0 cm³/mol. The molecule has 0 spiro atoms. The Morgan fingerprint density at radius 2 is 1.89 bits per heavy atom. The summed E-state index contributed by atoms with van der Waals surface area (Å²) in [6, 6.07) is 10.5. The van der Waals surface area contributed by atoms with Crippen LogP contribution in [0, 0.1) is 11.8 Å². The van der Waals surface area contributed by atoms with E-state index in [1.54, 1.807) is 0 Å². The third-order valence-corrected chi connectivity index (χ3v) is 4.93. The van der Waals surface area contributed by atoms with Gasteiger partial charge in [-0.2, -0.15) is 0 Å². The van der Waals surface area contributed by atoms with Crippen LogP contribution in [0.3, 0.4) is 0 Å². The second-order valence-corrected chi connectivity index (χ2v) is 6.29. The fourth-order valence-corrected chi connectivity index (χ4v) is 3.52. The van der Waals surface area contributed by atoms with Crippen molar-refractivity contribution in [1.82, 2.24) is 0 Å². The summed E-state index contributed by atoms with van der Waals surface area (Å²) >= 11 is 6.50. The molecule has 0 heterocycles. The van der Waals surface area contributed by atoms with Crippen LogP contribution in [0.2, 0.25) is 0 Å². The molecule has 0 aromatic heterocycles. The summed E-state index contributed by atoms with van der Waals surface area (Å²) in [6.45, 7) is 2.33. The smallest absolute Gasteiger partial charge is 0.0585 e. The lowest BCUT2D eigenvalue weighted by Gasteiger charge is -2.29. The van der Waals surface area contributed by atoms with E-state index in [0.717, 1.165) is 18.3 Å². The zero-order valence-electron chi connectivity index (χ0n) is 11.4. The lowest BCUT2D eigenvalue weighted by atomic mass is 9.78. The van der Waals surface area contributed by atoms with E-state index in [0.29, 0.717) is 0 Å². The van der Waals surface area contributed by atoms with Crippen LogP contribution in [-0.4, -0.2) is 0 Å².